The number of likely N-dealkylation sites (tertiary alicyclic amines) is 1. The van der Waals surface area contributed by atoms with Crippen molar-refractivity contribution in [3.05, 3.63) is 78.4 Å². The SMILES string of the molecule is O=C(Nc1ccc2ccccc2c1)N1CCCC1c1ccccc1. The van der Waals surface area contributed by atoms with Crippen molar-refractivity contribution in [2.24, 2.45) is 0 Å². The first kappa shape index (κ1) is 14.8. The number of benzene rings is 3. The van der Waals surface area contributed by atoms with Gasteiger partial charge in [-0.15, -0.1) is 0 Å². The van der Waals surface area contributed by atoms with Crippen LogP contribution in [-0.4, -0.2) is 17.5 Å². The maximum atomic E-state index is 12.7. The summed E-state index contributed by atoms with van der Waals surface area (Å²) < 4.78 is 0. The second kappa shape index (κ2) is 6.36. The molecular weight excluding hydrogens is 296 g/mol. The van der Waals surface area contributed by atoms with Crippen LogP contribution in [0.5, 0.6) is 0 Å². The Labute approximate surface area is 141 Å². The van der Waals surface area contributed by atoms with Crippen LogP contribution in [0.4, 0.5) is 10.5 Å². The molecule has 1 unspecified atom stereocenters. The van der Waals surface area contributed by atoms with E-state index in [1.165, 1.54) is 10.9 Å². The fourth-order valence-electron chi connectivity index (χ4n) is 3.49. The van der Waals surface area contributed by atoms with Crippen molar-refractivity contribution in [2.75, 3.05) is 11.9 Å². The van der Waals surface area contributed by atoms with Gasteiger partial charge in [0.1, 0.15) is 0 Å². The van der Waals surface area contributed by atoms with Gasteiger partial charge in [-0.3, -0.25) is 0 Å². The van der Waals surface area contributed by atoms with Crippen LogP contribution in [0.25, 0.3) is 10.8 Å². The molecule has 2 amide bonds. The number of hydrogen-bond acceptors (Lipinski definition) is 1. The summed E-state index contributed by atoms with van der Waals surface area (Å²) in [7, 11) is 0. The van der Waals surface area contributed by atoms with Crippen LogP contribution in [-0.2, 0) is 0 Å². The molecule has 3 aromatic rings. The molecule has 1 aliphatic heterocycles. The Morgan fingerprint density at radius 1 is 0.917 bits per heavy atom. The summed E-state index contributed by atoms with van der Waals surface area (Å²) in [4.78, 5) is 14.7. The minimum absolute atomic E-state index is 0.0170. The number of carbonyl (C=O) groups is 1. The third-order valence-electron chi connectivity index (χ3n) is 4.70. The highest BCUT2D eigenvalue weighted by Crippen LogP contribution is 2.32. The Balaban J connectivity index is 1.54. The van der Waals surface area contributed by atoms with Gasteiger partial charge in [0.2, 0.25) is 0 Å². The molecule has 3 aromatic carbocycles. The lowest BCUT2D eigenvalue weighted by Crippen LogP contribution is -2.34. The first-order valence-electron chi connectivity index (χ1n) is 8.43. The van der Waals surface area contributed by atoms with Crippen molar-refractivity contribution in [3.63, 3.8) is 0 Å². The van der Waals surface area contributed by atoms with E-state index in [4.69, 9.17) is 0 Å². The van der Waals surface area contributed by atoms with Crippen LogP contribution in [0.3, 0.4) is 0 Å². The van der Waals surface area contributed by atoms with Crippen LogP contribution in [0, 0.1) is 0 Å². The number of urea groups is 1. The van der Waals surface area contributed by atoms with E-state index in [2.05, 4.69) is 29.6 Å². The summed E-state index contributed by atoms with van der Waals surface area (Å²) in [5.41, 5.74) is 2.06. The molecule has 24 heavy (non-hydrogen) atoms. The van der Waals surface area contributed by atoms with E-state index in [1.807, 2.05) is 53.4 Å². The summed E-state index contributed by atoms with van der Waals surface area (Å²) in [5.74, 6) is 0. The third kappa shape index (κ3) is 2.85. The highest BCUT2D eigenvalue weighted by Gasteiger charge is 2.29. The van der Waals surface area contributed by atoms with Gasteiger partial charge in [0, 0.05) is 12.2 Å². The highest BCUT2D eigenvalue weighted by atomic mass is 16.2. The molecule has 4 rings (SSSR count). The summed E-state index contributed by atoms with van der Waals surface area (Å²) in [6, 6.07) is 24.7. The van der Waals surface area contributed by atoms with E-state index in [1.54, 1.807) is 0 Å². The summed E-state index contributed by atoms with van der Waals surface area (Å²) >= 11 is 0. The average molecular weight is 316 g/mol. The van der Waals surface area contributed by atoms with Gasteiger partial charge >= 0.3 is 6.03 Å². The molecule has 0 bridgehead atoms. The van der Waals surface area contributed by atoms with Crippen molar-refractivity contribution in [1.29, 1.82) is 0 Å². The number of nitrogens with zero attached hydrogens (tertiary/aromatic N) is 1. The normalized spacial score (nSPS) is 17.2. The van der Waals surface area contributed by atoms with E-state index in [9.17, 15) is 4.79 Å². The molecule has 1 N–H and O–H groups in total. The maximum Gasteiger partial charge on any atom is 0.322 e. The molecule has 120 valence electrons. The van der Waals surface area contributed by atoms with Gasteiger partial charge in [0.15, 0.2) is 0 Å². The third-order valence-corrected chi connectivity index (χ3v) is 4.70. The van der Waals surface area contributed by atoms with Gasteiger partial charge in [-0.2, -0.15) is 0 Å². The molecule has 1 heterocycles. The number of rotatable bonds is 2. The lowest BCUT2D eigenvalue weighted by molar-refractivity contribution is 0.207. The number of carbonyl (C=O) groups excluding carboxylic acids is 1. The number of nitrogens with one attached hydrogen (secondary N) is 1. The second-order valence-electron chi connectivity index (χ2n) is 6.25. The van der Waals surface area contributed by atoms with Crippen LogP contribution < -0.4 is 5.32 Å². The fourth-order valence-corrected chi connectivity index (χ4v) is 3.49. The van der Waals surface area contributed by atoms with Gasteiger partial charge in [0.05, 0.1) is 6.04 Å². The van der Waals surface area contributed by atoms with Gasteiger partial charge in [-0.25, -0.2) is 4.79 Å². The van der Waals surface area contributed by atoms with Gasteiger partial charge < -0.3 is 10.2 Å². The summed E-state index contributed by atoms with van der Waals surface area (Å²) in [6.45, 7) is 0.805. The van der Waals surface area contributed by atoms with Gasteiger partial charge in [-0.1, -0.05) is 60.7 Å². The van der Waals surface area contributed by atoms with Crippen LogP contribution in [0.1, 0.15) is 24.4 Å². The number of hydrogen-bond donors (Lipinski definition) is 1. The molecule has 1 fully saturated rings. The first-order chi connectivity index (χ1) is 11.8. The molecule has 0 spiro atoms. The molecule has 0 radical (unpaired) electrons. The number of fused-ring (bicyclic) bond motifs is 1. The summed E-state index contributed by atoms with van der Waals surface area (Å²) in [6.07, 6.45) is 2.07. The predicted octanol–water partition coefficient (Wildman–Crippen LogP) is 5.21. The molecule has 0 aliphatic carbocycles. The van der Waals surface area contributed by atoms with Crippen molar-refractivity contribution >= 4 is 22.5 Å². The van der Waals surface area contributed by atoms with E-state index in [0.29, 0.717) is 0 Å². The summed E-state index contributed by atoms with van der Waals surface area (Å²) in [5, 5.41) is 5.38. The largest absolute Gasteiger partial charge is 0.322 e. The fraction of sp³-hybridized carbons (Fsp3) is 0.190. The Bertz CT molecular complexity index is 860. The van der Waals surface area contributed by atoms with Gasteiger partial charge in [-0.05, 0) is 41.3 Å². The smallest absolute Gasteiger partial charge is 0.317 e. The molecule has 1 aliphatic rings. The number of amides is 2. The van der Waals surface area contributed by atoms with Crippen molar-refractivity contribution in [3.8, 4) is 0 Å². The predicted molar refractivity (Wildman–Crippen MR) is 98.1 cm³/mol. The molecule has 1 atom stereocenters. The zero-order valence-corrected chi connectivity index (χ0v) is 13.5. The quantitative estimate of drug-likeness (QED) is 0.691. The zero-order chi connectivity index (χ0) is 16.4. The van der Waals surface area contributed by atoms with E-state index in [0.717, 1.165) is 30.5 Å². The minimum atomic E-state index is -0.0170. The molecule has 1 saturated heterocycles. The Morgan fingerprint density at radius 2 is 1.67 bits per heavy atom. The standard InChI is InChI=1S/C21H20N2O/c24-21(22-19-13-12-16-7-4-5-10-18(16)15-19)23-14-6-11-20(23)17-8-2-1-3-9-17/h1-5,7-10,12-13,15,20H,6,11,14H2,(H,22,24). The van der Waals surface area contributed by atoms with Crippen LogP contribution in [0.15, 0.2) is 72.8 Å². The van der Waals surface area contributed by atoms with Crippen LogP contribution in [0.2, 0.25) is 0 Å². The Kier molecular flexibility index (Phi) is 3.91. The number of anilines is 1. The average Bonchev–Trinajstić information content (AvgIpc) is 3.12. The molecule has 0 saturated carbocycles. The van der Waals surface area contributed by atoms with Crippen molar-refractivity contribution in [1.82, 2.24) is 4.90 Å². The second-order valence-corrected chi connectivity index (χ2v) is 6.25. The first-order valence-corrected chi connectivity index (χ1v) is 8.43. The van der Waals surface area contributed by atoms with Crippen molar-refractivity contribution < 1.29 is 4.79 Å². The Morgan fingerprint density at radius 3 is 2.50 bits per heavy atom. The van der Waals surface area contributed by atoms with E-state index >= 15 is 0 Å². The van der Waals surface area contributed by atoms with Crippen LogP contribution >= 0.6 is 0 Å². The highest BCUT2D eigenvalue weighted by molar-refractivity contribution is 5.93. The minimum Gasteiger partial charge on any atom is -0.317 e. The molecule has 3 nitrogen and oxygen atoms in total. The molecule has 3 heteroatoms. The molecule has 0 aromatic heterocycles. The Hall–Kier alpha value is -2.81. The maximum absolute atomic E-state index is 12.7. The lowest BCUT2D eigenvalue weighted by Gasteiger charge is -2.25. The van der Waals surface area contributed by atoms with Gasteiger partial charge in [0.25, 0.3) is 0 Å². The van der Waals surface area contributed by atoms with E-state index < -0.39 is 0 Å². The van der Waals surface area contributed by atoms with Crippen molar-refractivity contribution in [2.45, 2.75) is 18.9 Å². The zero-order valence-electron chi connectivity index (χ0n) is 13.5. The topological polar surface area (TPSA) is 32.3 Å². The van der Waals surface area contributed by atoms with E-state index in [-0.39, 0.29) is 12.1 Å². The monoisotopic (exact) mass is 316 g/mol. The molecular formula is C21H20N2O. The lowest BCUT2D eigenvalue weighted by atomic mass is 10.1.